The molecule has 6 nitrogen and oxygen atoms in total. The lowest BCUT2D eigenvalue weighted by atomic mass is 9.88. The highest BCUT2D eigenvalue weighted by molar-refractivity contribution is 5.74. The Morgan fingerprint density at radius 2 is 2.04 bits per heavy atom. The molecule has 0 aliphatic rings. The van der Waals surface area contributed by atoms with E-state index in [2.05, 4.69) is 43.4 Å². The molecule has 23 heavy (non-hydrogen) atoms. The molecule has 0 spiro atoms. The van der Waals surface area contributed by atoms with Crippen molar-refractivity contribution in [1.29, 1.82) is 0 Å². The van der Waals surface area contributed by atoms with Crippen molar-refractivity contribution in [3.05, 3.63) is 17.5 Å². The van der Waals surface area contributed by atoms with Gasteiger partial charge in [0.05, 0.1) is 18.3 Å². The monoisotopic (exact) mass is 324 g/mol. The van der Waals surface area contributed by atoms with E-state index >= 15 is 0 Å². The summed E-state index contributed by atoms with van der Waals surface area (Å²) in [6, 6.07) is 1.60. The summed E-state index contributed by atoms with van der Waals surface area (Å²) in [7, 11) is 0. The number of amides is 2. The van der Waals surface area contributed by atoms with Crippen LogP contribution < -0.4 is 10.6 Å². The molecule has 6 heteroatoms. The Bertz CT molecular complexity index is 505. The van der Waals surface area contributed by atoms with Gasteiger partial charge in [0.1, 0.15) is 0 Å². The van der Waals surface area contributed by atoms with Crippen LogP contribution in [-0.4, -0.2) is 40.1 Å². The van der Waals surface area contributed by atoms with Crippen molar-refractivity contribution in [2.75, 3.05) is 13.2 Å². The smallest absolute Gasteiger partial charge is 0.315 e. The highest BCUT2D eigenvalue weighted by atomic mass is 16.3. The predicted molar refractivity (Wildman–Crippen MR) is 92.3 cm³/mol. The Morgan fingerprint density at radius 1 is 1.39 bits per heavy atom. The van der Waals surface area contributed by atoms with E-state index in [1.54, 1.807) is 0 Å². The minimum absolute atomic E-state index is 0.0496. The summed E-state index contributed by atoms with van der Waals surface area (Å²) in [5.74, 6) is 0.272. The van der Waals surface area contributed by atoms with Gasteiger partial charge < -0.3 is 15.7 Å². The molecule has 132 valence electrons. The Kier molecular flexibility index (Phi) is 7.06. The van der Waals surface area contributed by atoms with Crippen LogP contribution in [0.25, 0.3) is 0 Å². The normalized spacial score (nSPS) is 14.4. The maximum Gasteiger partial charge on any atom is 0.315 e. The summed E-state index contributed by atoms with van der Waals surface area (Å²) in [5, 5.41) is 19.5. The molecule has 0 aromatic carbocycles. The zero-order chi connectivity index (χ0) is 17.6. The van der Waals surface area contributed by atoms with Crippen LogP contribution in [0.15, 0.2) is 6.07 Å². The van der Waals surface area contributed by atoms with Crippen LogP contribution in [-0.2, 0) is 6.54 Å². The molecule has 2 atom stereocenters. The molecule has 2 unspecified atom stereocenters. The van der Waals surface area contributed by atoms with Crippen molar-refractivity contribution in [1.82, 2.24) is 20.4 Å². The van der Waals surface area contributed by atoms with E-state index in [1.807, 2.05) is 24.6 Å². The second-order valence-corrected chi connectivity index (χ2v) is 7.71. The molecule has 1 rings (SSSR count). The van der Waals surface area contributed by atoms with Crippen LogP contribution in [0.1, 0.15) is 45.5 Å². The number of aliphatic hydroxyl groups is 1. The number of aromatic nitrogens is 2. The number of carbonyl (C=O) groups excluding carboxylic acids is 1. The summed E-state index contributed by atoms with van der Waals surface area (Å²) in [6.07, 6.45) is 0.734. The molecule has 0 radical (unpaired) electrons. The first-order valence-corrected chi connectivity index (χ1v) is 8.27. The number of nitrogens with zero attached hydrogens (tertiary/aromatic N) is 2. The number of urea groups is 1. The van der Waals surface area contributed by atoms with Gasteiger partial charge >= 0.3 is 6.03 Å². The number of aryl methyl sites for hydroxylation is 2. The maximum atomic E-state index is 12.0. The summed E-state index contributed by atoms with van der Waals surface area (Å²) < 4.78 is 1.97. The van der Waals surface area contributed by atoms with Crippen LogP contribution >= 0.6 is 0 Å². The lowest BCUT2D eigenvalue weighted by Crippen LogP contribution is -2.46. The number of hydrogen-bond donors (Lipinski definition) is 3. The summed E-state index contributed by atoms with van der Waals surface area (Å²) >= 11 is 0. The molecule has 0 aliphatic carbocycles. The largest absolute Gasteiger partial charge is 0.394 e. The number of rotatable bonds is 7. The van der Waals surface area contributed by atoms with Crippen LogP contribution in [0, 0.1) is 25.2 Å². The molecule has 0 aliphatic heterocycles. The molecular formula is C17H32N4O2. The highest BCUT2D eigenvalue weighted by Gasteiger charge is 2.20. The fraction of sp³-hybridized carbons (Fsp3) is 0.765. The fourth-order valence-electron chi connectivity index (χ4n) is 2.62. The molecule has 0 saturated carbocycles. The van der Waals surface area contributed by atoms with Crippen molar-refractivity contribution in [2.45, 2.75) is 60.5 Å². The van der Waals surface area contributed by atoms with E-state index in [-0.39, 0.29) is 30.0 Å². The van der Waals surface area contributed by atoms with E-state index in [4.69, 9.17) is 0 Å². The molecule has 3 N–H and O–H groups in total. The van der Waals surface area contributed by atoms with Crippen LogP contribution in [0.5, 0.6) is 0 Å². The second-order valence-electron chi connectivity index (χ2n) is 7.71. The minimum Gasteiger partial charge on any atom is -0.394 e. The van der Waals surface area contributed by atoms with E-state index in [0.717, 1.165) is 24.4 Å². The van der Waals surface area contributed by atoms with Gasteiger partial charge in [-0.05, 0) is 37.7 Å². The lowest BCUT2D eigenvalue weighted by molar-refractivity contribution is 0.190. The molecular weight excluding hydrogens is 292 g/mol. The summed E-state index contributed by atoms with van der Waals surface area (Å²) in [5.41, 5.74) is 2.20. The highest BCUT2D eigenvalue weighted by Crippen LogP contribution is 2.20. The molecule has 0 fully saturated rings. The van der Waals surface area contributed by atoms with Gasteiger partial charge in [-0.3, -0.25) is 4.68 Å². The van der Waals surface area contributed by atoms with Gasteiger partial charge in [0.15, 0.2) is 0 Å². The van der Waals surface area contributed by atoms with Gasteiger partial charge in [0.25, 0.3) is 0 Å². The topological polar surface area (TPSA) is 79.2 Å². The minimum atomic E-state index is -0.228. The van der Waals surface area contributed by atoms with E-state index < -0.39 is 0 Å². The standard InChI is InChI=1S/C17H32N4O2/c1-12(10-21-14(3)7-13(2)20-21)9-18-16(23)19-15(11-22)8-17(4,5)6/h7,12,15,22H,8-11H2,1-6H3,(H2,18,19,23). The van der Waals surface area contributed by atoms with Crippen molar-refractivity contribution in [3.8, 4) is 0 Å². The molecule has 1 aromatic rings. The summed E-state index contributed by atoms with van der Waals surface area (Å²) in [4.78, 5) is 12.0. The van der Waals surface area contributed by atoms with E-state index in [0.29, 0.717) is 6.54 Å². The molecule has 2 amide bonds. The number of hydrogen-bond acceptors (Lipinski definition) is 3. The third-order valence-electron chi connectivity index (χ3n) is 3.61. The van der Waals surface area contributed by atoms with Crippen LogP contribution in [0.2, 0.25) is 0 Å². The Hall–Kier alpha value is -1.56. The first-order chi connectivity index (χ1) is 10.6. The van der Waals surface area contributed by atoms with Gasteiger partial charge in [-0.1, -0.05) is 27.7 Å². The van der Waals surface area contributed by atoms with Crippen LogP contribution in [0.3, 0.4) is 0 Å². The predicted octanol–water partition coefficient (Wildman–Crippen LogP) is 2.23. The van der Waals surface area contributed by atoms with Crippen molar-refractivity contribution < 1.29 is 9.90 Å². The molecule has 0 bridgehead atoms. The van der Waals surface area contributed by atoms with Gasteiger partial charge in [-0.25, -0.2) is 4.79 Å². The average Bonchev–Trinajstić information content (AvgIpc) is 2.72. The Labute approximate surface area is 139 Å². The number of carbonyl (C=O) groups is 1. The van der Waals surface area contributed by atoms with Gasteiger partial charge in [0.2, 0.25) is 0 Å². The molecule has 1 heterocycles. The average molecular weight is 324 g/mol. The Morgan fingerprint density at radius 3 is 2.52 bits per heavy atom. The number of nitrogens with one attached hydrogen (secondary N) is 2. The third-order valence-corrected chi connectivity index (χ3v) is 3.61. The fourth-order valence-corrected chi connectivity index (χ4v) is 2.62. The SMILES string of the molecule is Cc1cc(C)n(CC(C)CNC(=O)NC(CO)CC(C)(C)C)n1. The molecule has 1 aromatic heterocycles. The van der Waals surface area contributed by atoms with Gasteiger partial charge in [0, 0.05) is 18.8 Å². The Balaban J connectivity index is 2.38. The first-order valence-electron chi connectivity index (χ1n) is 8.27. The second kappa shape index (κ2) is 8.34. The van der Waals surface area contributed by atoms with Crippen molar-refractivity contribution in [3.63, 3.8) is 0 Å². The van der Waals surface area contributed by atoms with Gasteiger partial charge in [-0.15, -0.1) is 0 Å². The lowest BCUT2D eigenvalue weighted by Gasteiger charge is -2.25. The van der Waals surface area contributed by atoms with E-state index in [9.17, 15) is 9.90 Å². The zero-order valence-electron chi connectivity index (χ0n) is 15.3. The quantitative estimate of drug-likeness (QED) is 0.719. The van der Waals surface area contributed by atoms with Crippen molar-refractivity contribution >= 4 is 6.03 Å². The van der Waals surface area contributed by atoms with Gasteiger partial charge in [-0.2, -0.15) is 5.10 Å². The number of aliphatic hydroxyl groups excluding tert-OH is 1. The zero-order valence-corrected chi connectivity index (χ0v) is 15.3. The first kappa shape index (κ1) is 19.5. The van der Waals surface area contributed by atoms with E-state index in [1.165, 1.54) is 0 Å². The maximum absolute atomic E-state index is 12.0. The molecule has 0 saturated heterocycles. The van der Waals surface area contributed by atoms with Crippen molar-refractivity contribution in [2.24, 2.45) is 11.3 Å². The third kappa shape index (κ3) is 7.50. The van der Waals surface area contributed by atoms with Crippen LogP contribution in [0.4, 0.5) is 4.79 Å². The summed E-state index contributed by atoms with van der Waals surface area (Å²) in [6.45, 7) is 13.6.